The largest absolute Gasteiger partial charge is 0.294 e. The molecule has 15 heteroatoms. The maximum absolute atomic E-state index is 11.2. The number of nitro groups is 1. The summed E-state index contributed by atoms with van der Waals surface area (Å²) in [6.07, 6.45) is 1.81. The molecule has 0 N–H and O–H groups in total. The van der Waals surface area contributed by atoms with Gasteiger partial charge in [-0.2, -0.15) is 25.3 Å². The van der Waals surface area contributed by atoms with E-state index < -0.39 is 60.6 Å². The molecule has 0 aliphatic carbocycles. The van der Waals surface area contributed by atoms with Crippen LogP contribution in [-0.2, 0) is 42.9 Å². The first kappa shape index (κ1) is 21.1. The fraction of sp³-hybridized carbons (Fsp3) is 1.00. The van der Waals surface area contributed by atoms with Gasteiger partial charge in [-0.05, 0) is 0 Å². The normalized spacial score (nSPS) is 14.0. The van der Waals surface area contributed by atoms with E-state index in [1.807, 2.05) is 0 Å². The second-order valence-electron chi connectivity index (χ2n) is 4.38. The van der Waals surface area contributed by atoms with E-state index in [4.69, 9.17) is 0 Å². The Balaban J connectivity index is 5.48. The molecule has 0 heterocycles. The highest BCUT2D eigenvalue weighted by Gasteiger charge is 2.47. The molecule has 0 spiro atoms. The lowest BCUT2D eigenvalue weighted by Crippen LogP contribution is -2.52. The van der Waals surface area contributed by atoms with Crippen LogP contribution < -0.4 is 0 Å². The van der Waals surface area contributed by atoms with Crippen molar-refractivity contribution in [2.24, 2.45) is 0 Å². The molecule has 0 bridgehead atoms. The lowest BCUT2D eigenvalue weighted by Gasteiger charge is -2.23. The third-order valence-electron chi connectivity index (χ3n) is 2.01. The molecule has 0 aromatic rings. The molecule has 0 aromatic heterocycles. The minimum atomic E-state index is -4.11. The van der Waals surface area contributed by atoms with E-state index in [1.165, 1.54) is 0 Å². The Morgan fingerprint density at radius 2 is 1.00 bits per heavy atom. The third-order valence-corrected chi connectivity index (χ3v) is 3.65. The molecule has 0 aromatic carbocycles. The highest BCUT2D eigenvalue weighted by Crippen LogP contribution is 2.16. The van der Waals surface area contributed by atoms with Gasteiger partial charge in [0.2, 0.25) is 0 Å². The topological polar surface area (TPSA) is 173 Å². The molecule has 0 aliphatic rings. The smallest absolute Gasteiger partial charge is 0.264 e. The van der Waals surface area contributed by atoms with E-state index in [0.29, 0.717) is 18.8 Å². The summed E-state index contributed by atoms with van der Waals surface area (Å²) < 4.78 is 78.4. The molecule has 0 amide bonds. The second-order valence-corrected chi connectivity index (χ2v) is 9.31. The Hall–Kier alpha value is -0.870. The molecule has 0 rings (SSSR count). The van der Waals surface area contributed by atoms with Crippen LogP contribution in [0.1, 0.15) is 0 Å². The lowest BCUT2D eigenvalue weighted by atomic mass is 10.1. The number of hydrogen-bond acceptors (Lipinski definition) is 11. The van der Waals surface area contributed by atoms with Gasteiger partial charge in [0, 0.05) is 4.92 Å². The average molecular weight is 385 g/mol. The van der Waals surface area contributed by atoms with Crippen molar-refractivity contribution in [1.82, 2.24) is 0 Å². The highest BCUT2D eigenvalue weighted by molar-refractivity contribution is 7.86. The molecular weight excluding hydrogens is 370 g/mol. The van der Waals surface area contributed by atoms with Crippen molar-refractivity contribution in [2.75, 3.05) is 38.6 Å². The highest BCUT2D eigenvalue weighted by atomic mass is 32.2. The van der Waals surface area contributed by atoms with E-state index in [1.54, 1.807) is 0 Å². The van der Waals surface area contributed by atoms with Crippen molar-refractivity contribution in [3.05, 3.63) is 10.1 Å². The van der Waals surface area contributed by atoms with Crippen molar-refractivity contribution in [1.29, 1.82) is 0 Å². The summed E-state index contributed by atoms with van der Waals surface area (Å²) >= 11 is 0. The zero-order valence-corrected chi connectivity index (χ0v) is 14.2. The van der Waals surface area contributed by atoms with Gasteiger partial charge in [-0.15, -0.1) is 0 Å². The number of hydrogen-bond donors (Lipinski definition) is 0. The summed E-state index contributed by atoms with van der Waals surface area (Å²) in [7, 11) is -12.3. The Kier molecular flexibility index (Phi) is 6.85. The molecule has 22 heavy (non-hydrogen) atoms. The first-order valence-corrected chi connectivity index (χ1v) is 10.7. The Morgan fingerprint density at radius 1 is 0.773 bits per heavy atom. The third kappa shape index (κ3) is 9.21. The predicted molar refractivity (Wildman–Crippen MR) is 72.1 cm³/mol. The van der Waals surface area contributed by atoms with Crippen molar-refractivity contribution < 1.29 is 42.7 Å². The summed E-state index contributed by atoms with van der Waals surface area (Å²) in [5.74, 6) is 0. The van der Waals surface area contributed by atoms with Gasteiger partial charge in [0.25, 0.3) is 35.9 Å². The number of nitrogens with zero attached hydrogens (tertiary/aromatic N) is 1. The van der Waals surface area contributed by atoms with Crippen LogP contribution in [0.25, 0.3) is 0 Å². The molecule has 0 radical (unpaired) electrons. The maximum Gasteiger partial charge on any atom is 0.294 e. The monoisotopic (exact) mass is 385 g/mol. The Bertz CT molecular complexity index is 616. The van der Waals surface area contributed by atoms with Gasteiger partial charge in [0.15, 0.2) is 0 Å². The van der Waals surface area contributed by atoms with E-state index in [-0.39, 0.29) is 0 Å². The van der Waals surface area contributed by atoms with Crippen LogP contribution in [0.5, 0.6) is 0 Å². The van der Waals surface area contributed by atoms with Gasteiger partial charge in [-0.1, -0.05) is 0 Å². The molecule has 0 atom stereocenters. The summed E-state index contributed by atoms with van der Waals surface area (Å²) in [6.45, 7) is -3.53. The standard InChI is InChI=1S/C7H15NO11S3/c1-20(11,12)17-4-7(8(9)10,5-18-21(2,13)14)6-19-22(3,15)16/h4-6H2,1-3H3. The summed E-state index contributed by atoms with van der Waals surface area (Å²) in [6, 6.07) is 0. The van der Waals surface area contributed by atoms with Crippen molar-refractivity contribution >= 4 is 30.4 Å². The van der Waals surface area contributed by atoms with Gasteiger partial charge in [0.05, 0.1) is 18.8 Å². The quantitative estimate of drug-likeness (QED) is 0.229. The van der Waals surface area contributed by atoms with Crippen LogP contribution in [0.4, 0.5) is 0 Å². The summed E-state index contributed by atoms with van der Waals surface area (Å²) in [5, 5.41) is 11.2. The van der Waals surface area contributed by atoms with Crippen LogP contribution >= 0.6 is 0 Å². The van der Waals surface area contributed by atoms with Crippen LogP contribution in [0.15, 0.2) is 0 Å². The van der Waals surface area contributed by atoms with Crippen LogP contribution in [-0.4, -0.2) is 74.3 Å². The first-order valence-electron chi connectivity index (χ1n) is 5.24. The number of rotatable bonds is 10. The van der Waals surface area contributed by atoms with Crippen molar-refractivity contribution in [2.45, 2.75) is 5.54 Å². The second kappa shape index (κ2) is 7.14. The molecule has 0 saturated heterocycles. The van der Waals surface area contributed by atoms with Gasteiger partial charge >= 0.3 is 0 Å². The fourth-order valence-corrected chi connectivity index (χ4v) is 2.23. The molecule has 0 fully saturated rings. The summed E-state index contributed by atoms with van der Waals surface area (Å²) in [4.78, 5) is 10.0. The van der Waals surface area contributed by atoms with Gasteiger partial charge in [-0.25, -0.2) is 0 Å². The van der Waals surface area contributed by atoms with Crippen molar-refractivity contribution in [3.63, 3.8) is 0 Å². The van der Waals surface area contributed by atoms with Crippen LogP contribution in [0.3, 0.4) is 0 Å². The van der Waals surface area contributed by atoms with E-state index in [0.717, 1.165) is 0 Å². The van der Waals surface area contributed by atoms with E-state index >= 15 is 0 Å². The fourth-order valence-electron chi connectivity index (χ4n) is 0.933. The Morgan fingerprint density at radius 3 is 1.14 bits per heavy atom. The lowest BCUT2D eigenvalue weighted by molar-refractivity contribution is -0.577. The molecule has 12 nitrogen and oxygen atoms in total. The average Bonchev–Trinajstić information content (AvgIpc) is 2.24. The molecule has 0 saturated carbocycles. The zero-order valence-electron chi connectivity index (χ0n) is 11.8. The first-order chi connectivity index (χ1) is 9.56. The van der Waals surface area contributed by atoms with Gasteiger partial charge in [-0.3, -0.25) is 22.7 Å². The zero-order chi connectivity index (χ0) is 17.8. The SMILES string of the molecule is CS(=O)(=O)OCC(COS(C)(=O)=O)(COS(C)(=O)=O)[N+](=O)[O-]. The molecular formula is C7H15NO11S3. The minimum Gasteiger partial charge on any atom is -0.264 e. The maximum atomic E-state index is 11.2. The van der Waals surface area contributed by atoms with Gasteiger partial charge < -0.3 is 0 Å². The van der Waals surface area contributed by atoms with E-state index in [9.17, 15) is 35.4 Å². The van der Waals surface area contributed by atoms with Crippen LogP contribution in [0, 0.1) is 10.1 Å². The van der Waals surface area contributed by atoms with Crippen molar-refractivity contribution in [3.8, 4) is 0 Å². The van der Waals surface area contributed by atoms with E-state index in [2.05, 4.69) is 12.5 Å². The minimum absolute atomic E-state index is 0.604. The molecule has 0 aliphatic heterocycles. The molecule has 132 valence electrons. The van der Waals surface area contributed by atoms with Gasteiger partial charge in [0.1, 0.15) is 19.8 Å². The summed E-state index contributed by atoms with van der Waals surface area (Å²) in [5.41, 5.74) is -2.56. The Labute approximate surface area is 127 Å². The molecule has 0 unspecified atom stereocenters. The predicted octanol–water partition coefficient (Wildman–Crippen LogP) is -2.07. The van der Waals surface area contributed by atoms with Crippen LogP contribution in [0.2, 0.25) is 0 Å².